The van der Waals surface area contributed by atoms with Gasteiger partial charge in [0.15, 0.2) is 0 Å². The van der Waals surface area contributed by atoms with Gasteiger partial charge in [-0.15, -0.1) is 0 Å². The monoisotopic (exact) mass is 344 g/mol. The first-order valence-electron chi connectivity index (χ1n) is 8.45. The van der Waals surface area contributed by atoms with Crippen molar-refractivity contribution in [1.82, 2.24) is 5.32 Å². The Kier molecular flexibility index (Phi) is 5.44. The van der Waals surface area contributed by atoms with E-state index in [1.807, 2.05) is 72.8 Å². The fourth-order valence-electron chi connectivity index (χ4n) is 2.58. The van der Waals surface area contributed by atoms with Crippen molar-refractivity contribution < 1.29 is 9.59 Å². The molecule has 0 heterocycles. The molecule has 0 bridgehead atoms. The van der Waals surface area contributed by atoms with Crippen molar-refractivity contribution in [3.05, 3.63) is 84.4 Å². The Hall–Kier alpha value is -3.40. The molecular formula is C22H20N2O2. The maximum absolute atomic E-state index is 12.3. The van der Waals surface area contributed by atoms with Crippen molar-refractivity contribution in [3.63, 3.8) is 0 Å². The molecule has 0 aromatic heterocycles. The van der Waals surface area contributed by atoms with E-state index in [1.54, 1.807) is 13.0 Å². The lowest BCUT2D eigenvalue weighted by Crippen LogP contribution is -2.40. The SMILES string of the molecule is C[C@H](NC(=O)/C=C/c1ccccc1)C(=O)Nc1ccc2ccccc2c1. The fourth-order valence-corrected chi connectivity index (χ4v) is 2.58. The zero-order valence-electron chi connectivity index (χ0n) is 14.5. The molecule has 3 aromatic carbocycles. The van der Waals surface area contributed by atoms with Crippen molar-refractivity contribution in [3.8, 4) is 0 Å². The summed E-state index contributed by atoms with van der Waals surface area (Å²) in [4.78, 5) is 24.3. The van der Waals surface area contributed by atoms with Crippen molar-refractivity contribution in [2.24, 2.45) is 0 Å². The summed E-state index contributed by atoms with van der Waals surface area (Å²) >= 11 is 0. The van der Waals surface area contributed by atoms with Gasteiger partial charge in [-0.05, 0) is 41.5 Å². The third-order valence-corrected chi connectivity index (χ3v) is 4.00. The molecule has 0 fully saturated rings. The highest BCUT2D eigenvalue weighted by atomic mass is 16.2. The molecule has 0 saturated carbocycles. The molecule has 3 rings (SSSR count). The second-order valence-corrected chi connectivity index (χ2v) is 6.03. The number of hydrogen-bond donors (Lipinski definition) is 2. The zero-order valence-corrected chi connectivity index (χ0v) is 14.5. The lowest BCUT2D eigenvalue weighted by Gasteiger charge is -2.13. The van der Waals surface area contributed by atoms with E-state index in [4.69, 9.17) is 0 Å². The van der Waals surface area contributed by atoms with Gasteiger partial charge >= 0.3 is 0 Å². The molecule has 0 aliphatic carbocycles. The number of fused-ring (bicyclic) bond motifs is 1. The van der Waals surface area contributed by atoms with Crippen LogP contribution in [0.3, 0.4) is 0 Å². The molecule has 4 nitrogen and oxygen atoms in total. The number of hydrogen-bond acceptors (Lipinski definition) is 2. The maximum atomic E-state index is 12.3. The van der Waals surface area contributed by atoms with Gasteiger partial charge in [-0.1, -0.05) is 60.7 Å². The average molecular weight is 344 g/mol. The van der Waals surface area contributed by atoms with Crippen molar-refractivity contribution in [2.45, 2.75) is 13.0 Å². The molecule has 2 N–H and O–H groups in total. The molecule has 0 saturated heterocycles. The summed E-state index contributed by atoms with van der Waals surface area (Å²) in [6.07, 6.45) is 3.14. The van der Waals surface area contributed by atoms with Gasteiger partial charge < -0.3 is 10.6 Å². The Morgan fingerprint density at radius 2 is 1.58 bits per heavy atom. The molecule has 0 radical (unpaired) electrons. The number of benzene rings is 3. The second kappa shape index (κ2) is 8.12. The third kappa shape index (κ3) is 4.57. The summed E-state index contributed by atoms with van der Waals surface area (Å²) in [6.45, 7) is 1.66. The first-order chi connectivity index (χ1) is 12.6. The van der Waals surface area contributed by atoms with Gasteiger partial charge in [-0.25, -0.2) is 0 Å². The van der Waals surface area contributed by atoms with Crippen LogP contribution in [0, 0.1) is 0 Å². The Morgan fingerprint density at radius 3 is 2.35 bits per heavy atom. The molecule has 1 atom stereocenters. The summed E-state index contributed by atoms with van der Waals surface area (Å²) in [7, 11) is 0. The van der Waals surface area contributed by atoms with E-state index < -0.39 is 6.04 Å². The van der Waals surface area contributed by atoms with Crippen molar-refractivity contribution in [2.75, 3.05) is 5.32 Å². The van der Waals surface area contributed by atoms with Crippen molar-refractivity contribution in [1.29, 1.82) is 0 Å². The molecule has 26 heavy (non-hydrogen) atoms. The number of amides is 2. The van der Waals surface area contributed by atoms with Crippen LogP contribution in [0.25, 0.3) is 16.8 Å². The molecule has 4 heteroatoms. The third-order valence-electron chi connectivity index (χ3n) is 4.00. The van der Waals surface area contributed by atoms with Crippen LogP contribution in [0.15, 0.2) is 78.9 Å². The highest BCUT2D eigenvalue weighted by Gasteiger charge is 2.14. The van der Waals surface area contributed by atoms with Gasteiger partial charge in [0.2, 0.25) is 11.8 Å². The lowest BCUT2D eigenvalue weighted by molar-refractivity contribution is -0.123. The van der Waals surface area contributed by atoms with E-state index in [0.717, 1.165) is 16.3 Å². The van der Waals surface area contributed by atoms with Gasteiger partial charge in [-0.3, -0.25) is 9.59 Å². The molecule has 0 unspecified atom stereocenters. The zero-order chi connectivity index (χ0) is 18.4. The smallest absolute Gasteiger partial charge is 0.246 e. The maximum Gasteiger partial charge on any atom is 0.246 e. The van der Waals surface area contributed by atoms with Crippen LogP contribution in [0.2, 0.25) is 0 Å². The van der Waals surface area contributed by atoms with E-state index in [9.17, 15) is 9.59 Å². The fraction of sp³-hybridized carbons (Fsp3) is 0.0909. The van der Waals surface area contributed by atoms with Crippen molar-refractivity contribution >= 4 is 34.4 Å². The first-order valence-corrected chi connectivity index (χ1v) is 8.45. The number of carbonyl (C=O) groups is 2. The lowest BCUT2D eigenvalue weighted by atomic mass is 10.1. The minimum absolute atomic E-state index is 0.262. The summed E-state index contributed by atoms with van der Waals surface area (Å²) < 4.78 is 0. The average Bonchev–Trinajstić information content (AvgIpc) is 2.67. The highest BCUT2D eigenvalue weighted by Crippen LogP contribution is 2.18. The predicted molar refractivity (Wildman–Crippen MR) is 106 cm³/mol. The van der Waals surface area contributed by atoms with E-state index in [1.165, 1.54) is 6.08 Å². The highest BCUT2D eigenvalue weighted by molar-refractivity contribution is 6.00. The van der Waals surface area contributed by atoms with Crippen LogP contribution < -0.4 is 10.6 Å². The molecule has 0 aliphatic heterocycles. The number of nitrogens with one attached hydrogen (secondary N) is 2. The van der Waals surface area contributed by atoms with Gasteiger partial charge in [0.05, 0.1) is 0 Å². The molecule has 130 valence electrons. The van der Waals surface area contributed by atoms with Crippen LogP contribution >= 0.6 is 0 Å². The molecule has 2 amide bonds. The van der Waals surface area contributed by atoms with Crippen LogP contribution in [0.5, 0.6) is 0 Å². The quantitative estimate of drug-likeness (QED) is 0.688. The van der Waals surface area contributed by atoms with Crippen LogP contribution in [-0.2, 0) is 9.59 Å². The van der Waals surface area contributed by atoms with E-state index in [0.29, 0.717) is 5.69 Å². The minimum atomic E-state index is -0.644. The Morgan fingerprint density at radius 1 is 0.885 bits per heavy atom. The number of rotatable bonds is 5. The predicted octanol–water partition coefficient (Wildman–Crippen LogP) is 4.00. The van der Waals surface area contributed by atoms with E-state index >= 15 is 0 Å². The summed E-state index contributed by atoms with van der Waals surface area (Å²) in [5.41, 5.74) is 1.63. The Bertz CT molecular complexity index is 949. The standard InChI is InChI=1S/C22H20N2O2/c1-16(23-21(25)14-11-17-7-3-2-4-8-17)22(26)24-20-13-12-18-9-5-6-10-19(18)15-20/h2-16H,1H3,(H,23,25)(H,24,26)/b14-11+/t16-/m0/s1. The van der Waals surface area contributed by atoms with Gasteiger partial charge in [-0.2, -0.15) is 0 Å². The van der Waals surface area contributed by atoms with Crippen LogP contribution in [0.1, 0.15) is 12.5 Å². The van der Waals surface area contributed by atoms with Gasteiger partial charge in [0.25, 0.3) is 0 Å². The Labute approximate surface area is 152 Å². The summed E-state index contributed by atoms with van der Waals surface area (Å²) in [5.74, 6) is -0.572. The Balaban J connectivity index is 1.58. The van der Waals surface area contributed by atoms with E-state index in [2.05, 4.69) is 10.6 Å². The molecule has 3 aromatic rings. The minimum Gasteiger partial charge on any atom is -0.341 e. The largest absolute Gasteiger partial charge is 0.341 e. The molecule has 0 spiro atoms. The van der Waals surface area contributed by atoms with E-state index in [-0.39, 0.29) is 11.8 Å². The topological polar surface area (TPSA) is 58.2 Å². The molecule has 0 aliphatic rings. The molecular weight excluding hydrogens is 324 g/mol. The normalized spacial score (nSPS) is 12.0. The summed E-state index contributed by atoms with van der Waals surface area (Å²) in [5, 5.41) is 7.66. The van der Waals surface area contributed by atoms with Gasteiger partial charge in [0.1, 0.15) is 6.04 Å². The van der Waals surface area contributed by atoms with Crippen LogP contribution in [-0.4, -0.2) is 17.9 Å². The number of carbonyl (C=O) groups excluding carboxylic acids is 2. The van der Waals surface area contributed by atoms with Crippen LogP contribution in [0.4, 0.5) is 5.69 Å². The van der Waals surface area contributed by atoms with Gasteiger partial charge in [0, 0.05) is 11.8 Å². The summed E-state index contributed by atoms with van der Waals surface area (Å²) in [6, 6.07) is 22.5. The first kappa shape index (κ1) is 17.4. The number of anilines is 1. The second-order valence-electron chi connectivity index (χ2n) is 6.03.